The summed E-state index contributed by atoms with van der Waals surface area (Å²) in [7, 11) is 1.97. The molecule has 2 aromatic heterocycles. The zero-order valence-corrected chi connectivity index (χ0v) is 16.6. The third-order valence-electron chi connectivity index (χ3n) is 4.20. The first kappa shape index (κ1) is 17.8. The Morgan fingerprint density at radius 1 is 1.11 bits per heavy atom. The van der Waals surface area contributed by atoms with Gasteiger partial charge in [-0.3, -0.25) is 4.79 Å². The highest BCUT2D eigenvalue weighted by atomic mass is 32.2. The summed E-state index contributed by atoms with van der Waals surface area (Å²) < 4.78 is 2.01. The predicted octanol–water partition coefficient (Wildman–Crippen LogP) is 4.82. The quantitative estimate of drug-likeness (QED) is 0.493. The van der Waals surface area contributed by atoms with Gasteiger partial charge in [0, 0.05) is 18.0 Å². The van der Waals surface area contributed by atoms with Crippen molar-refractivity contribution in [3.05, 3.63) is 60.0 Å². The maximum absolute atomic E-state index is 12.6. The molecule has 1 amide bonds. The van der Waals surface area contributed by atoms with Crippen molar-refractivity contribution in [3.8, 4) is 11.3 Å². The lowest BCUT2D eigenvalue weighted by atomic mass is 10.2. The Balaban J connectivity index is 1.45. The van der Waals surface area contributed by atoms with Crippen LogP contribution in [0.4, 0.5) is 5.13 Å². The van der Waals surface area contributed by atoms with E-state index in [1.807, 2.05) is 78.5 Å². The molecule has 0 unspecified atom stereocenters. The molecule has 0 aliphatic carbocycles. The normalized spacial score (nSPS) is 12.2. The topological polar surface area (TPSA) is 59.8 Å². The van der Waals surface area contributed by atoms with Crippen molar-refractivity contribution in [1.29, 1.82) is 0 Å². The van der Waals surface area contributed by atoms with Crippen LogP contribution in [0.3, 0.4) is 0 Å². The summed E-state index contributed by atoms with van der Waals surface area (Å²) in [6.07, 6.45) is 0. The number of nitrogens with zero attached hydrogens (tertiary/aromatic N) is 3. The summed E-state index contributed by atoms with van der Waals surface area (Å²) in [6, 6.07) is 17.9. The molecule has 4 aromatic rings. The summed E-state index contributed by atoms with van der Waals surface area (Å²) in [5.74, 6) is -0.0824. The number of fused-ring (bicyclic) bond motifs is 1. The molecule has 0 radical (unpaired) electrons. The van der Waals surface area contributed by atoms with Crippen LogP contribution in [-0.2, 0) is 11.8 Å². The number of carbonyl (C=O) groups excluding carboxylic acids is 1. The van der Waals surface area contributed by atoms with Crippen molar-refractivity contribution in [2.24, 2.45) is 7.05 Å². The van der Waals surface area contributed by atoms with Crippen LogP contribution in [0.25, 0.3) is 22.3 Å². The summed E-state index contributed by atoms with van der Waals surface area (Å²) in [6.45, 7) is 1.88. The number of anilines is 1. The molecule has 1 atom stereocenters. The van der Waals surface area contributed by atoms with Gasteiger partial charge in [-0.2, -0.15) is 0 Å². The molecule has 0 aliphatic rings. The molecule has 136 valence electrons. The molecule has 4 rings (SSSR count). The van der Waals surface area contributed by atoms with Crippen LogP contribution >= 0.6 is 23.1 Å². The molecule has 5 nitrogen and oxygen atoms in total. The Labute approximate surface area is 165 Å². The smallest absolute Gasteiger partial charge is 0.239 e. The van der Waals surface area contributed by atoms with Gasteiger partial charge in [0.2, 0.25) is 5.91 Å². The SMILES string of the molecule is C[C@@H](Sc1nc2ccccc2n1C)C(=O)Nc1nc(-c2ccccc2)cs1. The number of benzene rings is 2. The molecule has 2 aromatic carbocycles. The van der Waals surface area contributed by atoms with E-state index < -0.39 is 0 Å². The first-order chi connectivity index (χ1) is 13.1. The molecule has 0 fully saturated rings. The Morgan fingerprint density at radius 3 is 2.63 bits per heavy atom. The highest BCUT2D eigenvalue weighted by Gasteiger charge is 2.19. The van der Waals surface area contributed by atoms with Gasteiger partial charge in [-0.1, -0.05) is 54.2 Å². The Kier molecular flexibility index (Phi) is 4.96. The third-order valence-corrected chi connectivity index (χ3v) is 6.10. The number of hydrogen-bond acceptors (Lipinski definition) is 5. The zero-order chi connectivity index (χ0) is 18.8. The fourth-order valence-corrected chi connectivity index (χ4v) is 4.33. The minimum atomic E-state index is -0.287. The number of amides is 1. The molecular weight excluding hydrogens is 376 g/mol. The molecule has 0 spiro atoms. The van der Waals surface area contributed by atoms with Crippen LogP contribution < -0.4 is 5.32 Å². The van der Waals surface area contributed by atoms with Gasteiger partial charge in [-0.05, 0) is 19.1 Å². The number of nitrogens with one attached hydrogen (secondary N) is 1. The number of imidazole rings is 1. The van der Waals surface area contributed by atoms with E-state index in [1.54, 1.807) is 0 Å². The summed E-state index contributed by atoms with van der Waals surface area (Å²) in [5, 5.41) is 6.01. The fraction of sp³-hybridized carbons (Fsp3) is 0.150. The van der Waals surface area contributed by atoms with E-state index in [1.165, 1.54) is 23.1 Å². The van der Waals surface area contributed by atoms with Crippen molar-refractivity contribution in [3.63, 3.8) is 0 Å². The van der Waals surface area contributed by atoms with Crippen LogP contribution in [0, 0.1) is 0 Å². The number of para-hydroxylation sites is 2. The van der Waals surface area contributed by atoms with Gasteiger partial charge >= 0.3 is 0 Å². The average Bonchev–Trinajstić information content (AvgIpc) is 3.28. The maximum atomic E-state index is 12.6. The number of aromatic nitrogens is 3. The minimum Gasteiger partial charge on any atom is -0.322 e. The number of hydrogen-bond donors (Lipinski definition) is 1. The van der Waals surface area contributed by atoms with Crippen LogP contribution in [0.2, 0.25) is 0 Å². The lowest BCUT2D eigenvalue weighted by Gasteiger charge is -2.10. The van der Waals surface area contributed by atoms with Gasteiger partial charge in [-0.25, -0.2) is 9.97 Å². The number of carbonyl (C=O) groups is 1. The molecule has 1 N–H and O–H groups in total. The van der Waals surface area contributed by atoms with Crippen LogP contribution in [-0.4, -0.2) is 25.7 Å². The van der Waals surface area contributed by atoms with E-state index in [0.29, 0.717) is 5.13 Å². The summed E-state index contributed by atoms with van der Waals surface area (Å²) >= 11 is 2.87. The Morgan fingerprint density at radius 2 is 1.85 bits per heavy atom. The Hall–Kier alpha value is -2.64. The minimum absolute atomic E-state index is 0.0824. The number of thioether (sulfide) groups is 1. The summed E-state index contributed by atoms with van der Waals surface area (Å²) in [5.41, 5.74) is 3.89. The first-order valence-corrected chi connectivity index (χ1v) is 10.3. The standard InChI is InChI=1S/C20H18N4OS2/c1-13(27-20-22-15-10-6-7-11-17(15)24(20)2)18(25)23-19-21-16(12-26-19)14-8-4-3-5-9-14/h3-13H,1-2H3,(H,21,23,25)/t13-/m1/s1. The molecule has 27 heavy (non-hydrogen) atoms. The Bertz CT molecular complexity index is 1090. The monoisotopic (exact) mass is 394 g/mol. The van der Waals surface area contributed by atoms with Crippen molar-refractivity contribution < 1.29 is 4.79 Å². The molecular formula is C20H18N4OS2. The summed E-state index contributed by atoms with van der Waals surface area (Å²) in [4.78, 5) is 21.7. The molecule has 0 saturated heterocycles. The van der Waals surface area contributed by atoms with Gasteiger partial charge in [0.1, 0.15) is 0 Å². The highest BCUT2D eigenvalue weighted by Crippen LogP contribution is 2.28. The van der Waals surface area contributed by atoms with Crippen LogP contribution in [0.5, 0.6) is 0 Å². The van der Waals surface area contributed by atoms with E-state index >= 15 is 0 Å². The van der Waals surface area contributed by atoms with Gasteiger partial charge in [0.05, 0.1) is 22.0 Å². The first-order valence-electron chi connectivity index (χ1n) is 8.52. The van der Waals surface area contributed by atoms with Crippen molar-refractivity contribution >= 4 is 45.2 Å². The maximum Gasteiger partial charge on any atom is 0.239 e. The lowest BCUT2D eigenvalue weighted by Crippen LogP contribution is -2.22. The molecule has 0 saturated carbocycles. The molecule has 2 heterocycles. The largest absolute Gasteiger partial charge is 0.322 e. The van der Waals surface area contributed by atoms with Crippen LogP contribution in [0.1, 0.15) is 6.92 Å². The second-order valence-corrected chi connectivity index (χ2v) is 8.26. The van der Waals surface area contributed by atoms with E-state index in [0.717, 1.165) is 27.4 Å². The molecule has 0 bridgehead atoms. The average molecular weight is 395 g/mol. The molecule has 0 aliphatic heterocycles. The van der Waals surface area contributed by atoms with Crippen molar-refractivity contribution in [2.45, 2.75) is 17.3 Å². The van der Waals surface area contributed by atoms with Crippen molar-refractivity contribution in [1.82, 2.24) is 14.5 Å². The van der Waals surface area contributed by atoms with Crippen LogP contribution in [0.15, 0.2) is 65.1 Å². The lowest BCUT2D eigenvalue weighted by molar-refractivity contribution is -0.115. The van der Waals surface area contributed by atoms with Crippen molar-refractivity contribution in [2.75, 3.05) is 5.32 Å². The highest BCUT2D eigenvalue weighted by molar-refractivity contribution is 8.00. The third kappa shape index (κ3) is 3.74. The number of thiazole rings is 1. The molecule has 7 heteroatoms. The van der Waals surface area contributed by atoms with Gasteiger partial charge in [0.15, 0.2) is 10.3 Å². The predicted molar refractivity (Wildman–Crippen MR) is 112 cm³/mol. The second-order valence-electron chi connectivity index (χ2n) is 6.10. The van der Waals surface area contributed by atoms with Gasteiger partial charge < -0.3 is 9.88 Å². The van der Waals surface area contributed by atoms with Gasteiger partial charge in [-0.15, -0.1) is 11.3 Å². The van der Waals surface area contributed by atoms with E-state index in [4.69, 9.17) is 0 Å². The number of aryl methyl sites for hydroxylation is 1. The second kappa shape index (κ2) is 7.54. The van der Waals surface area contributed by atoms with Gasteiger partial charge in [0.25, 0.3) is 0 Å². The van der Waals surface area contributed by atoms with E-state index in [9.17, 15) is 4.79 Å². The van der Waals surface area contributed by atoms with E-state index in [2.05, 4.69) is 15.3 Å². The van der Waals surface area contributed by atoms with E-state index in [-0.39, 0.29) is 11.2 Å². The number of rotatable bonds is 5. The fourth-order valence-electron chi connectivity index (χ4n) is 2.72. The zero-order valence-electron chi connectivity index (χ0n) is 14.9.